The monoisotopic (exact) mass is 418 g/mol. The Morgan fingerprint density at radius 2 is 1.86 bits per heavy atom. The quantitative estimate of drug-likeness (QED) is 0.595. The van der Waals surface area contributed by atoms with E-state index in [2.05, 4.69) is 12.8 Å². The first kappa shape index (κ1) is 21.3. The molecular formula is C22H27FN2O3S. The van der Waals surface area contributed by atoms with Crippen molar-refractivity contribution < 1.29 is 18.7 Å². The van der Waals surface area contributed by atoms with Gasteiger partial charge in [0.1, 0.15) is 17.3 Å². The van der Waals surface area contributed by atoms with Gasteiger partial charge in [-0.15, -0.1) is 0 Å². The van der Waals surface area contributed by atoms with Gasteiger partial charge in [0, 0.05) is 25.3 Å². The van der Waals surface area contributed by atoms with E-state index in [0.29, 0.717) is 18.0 Å². The second-order valence-electron chi connectivity index (χ2n) is 7.17. The number of nitrogens with zero attached hydrogens (tertiary/aromatic N) is 2. The molecule has 3 rings (SSSR count). The summed E-state index contributed by atoms with van der Waals surface area (Å²) < 4.78 is 25.6. The zero-order valence-corrected chi connectivity index (χ0v) is 17.7. The van der Waals surface area contributed by atoms with Crippen LogP contribution in [-0.2, 0) is 11.3 Å². The van der Waals surface area contributed by atoms with Gasteiger partial charge in [-0.1, -0.05) is 24.9 Å². The lowest BCUT2D eigenvalue weighted by Crippen LogP contribution is -2.24. The number of ether oxygens (including phenoxy) is 2. The van der Waals surface area contributed by atoms with Gasteiger partial charge in [0.25, 0.3) is 0 Å². The molecule has 0 bridgehead atoms. The first-order valence-corrected chi connectivity index (χ1v) is 10.3. The number of rotatable bonds is 7. The van der Waals surface area contributed by atoms with Crippen molar-refractivity contribution in [1.82, 2.24) is 0 Å². The van der Waals surface area contributed by atoms with Crippen molar-refractivity contribution in [3.63, 3.8) is 0 Å². The van der Waals surface area contributed by atoms with Crippen molar-refractivity contribution in [2.45, 2.75) is 45.3 Å². The number of thiol groups is 1. The van der Waals surface area contributed by atoms with Gasteiger partial charge in [-0.25, -0.2) is 13.5 Å². The summed E-state index contributed by atoms with van der Waals surface area (Å²) in [7, 11) is 1.96. The minimum absolute atomic E-state index is 0.135. The topological polar surface area (TPSA) is 42.0 Å². The van der Waals surface area contributed by atoms with Gasteiger partial charge in [-0.2, -0.15) is 0 Å². The fourth-order valence-electron chi connectivity index (χ4n) is 3.43. The smallest absolute Gasteiger partial charge is 0.424 e. The lowest BCUT2D eigenvalue weighted by molar-refractivity contribution is 0.164. The van der Waals surface area contributed by atoms with Gasteiger partial charge in [-0.05, 0) is 62.4 Å². The number of amides is 1. The van der Waals surface area contributed by atoms with Crippen molar-refractivity contribution in [1.29, 1.82) is 0 Å². The second kappa shape index (κ2) is 9.87. The zero-order valence-electron chi connectivity index (χ0n) is 16.8. The molecule has 29 heavy (non-hydrogen) atoms. The van der Waals surface area contributed by atoms with Crippen LogP contribution in [0.3, 0.4) is 0 Å². The molecule has 1 aliphatic rings. The van der Waals surface area contributed by atoms with Crippen LogP contribution in [0.2, 0.25) is 0 Å². The number of hydrogen-bond donors (Lipinski definition) is 1. The molecule has 0 radical (unpaired) electrons. The third-order valence-corrected chi connectivity index (χ3v) is 5.36. The normalized spacial score (nSPS) is 13.9. The highest BCUT2D eigenvalue weighted by molar-refractivity contribution is 7.82. The van der Waals surface area contributed by atoms with Gasteiger partial charge in [0.2, 0.25) is 0 Å². The van der Waals surface area contributed by atoms with Crippen molar-refractivity contribution >= 4 is 30.3 Å². The predicted octanol–water partition coefficient (Wildman–Crippen LogP) is 5.59. The standard InChI is InChI=1S/C22H27FN2O3S/c1-3-27-22(26)25(29)20-13-12-18(14-21(20)28-19-6-4-5-7-19)24(2)15-16-8-10-17(23)11-9-16/h8-14,19,29H,3-7,15H2,1-2H3. The maximum absolute atomic E-state index is 13.2. The molecule has 0 aliphatic heterocycles. The third kappa shape index (κ3) is 5.56. The molecule has 0 heterocycles. The maximum atomic E-state index is 13.2. The molecule has 1 saturated carbocycles. The Labute approximate surface area is 176 Å². The van der Waals surface area contributed by atoms with Crippen LogP contribution in [0.25, 0.3) is 0 Å². The Kier molecular flexibility index (Phi) is 7.25. The average molecular weight is 419 g/mol. The molecule has 2 aromatic carbocycles. The van der Waals surface area contributed by atoms with Crippen LogP contribution >= 0.6 is 12.8 Å². The van der Waals surface area contributed by atoms with E-state index in [0.717, 1.165) is 36.9 Å². The van der Waals surface area contributed by atoms with Gasteiger partial charge in [0.15, 0.2) is 0 Å². The molecule has 1 amide bonds. The fourth-order valence-corrected chi connectivity index (χ4v) is 3.66. The molecule has 0 spiro atoms. The van der Waals surface area contributed by atoms with Gasteiger partial charge >= 0.3 is 6.09 Å². The number of hydrogen-bond acceptors (Lipinski definition) is 5. The Balaban J connectivity index is 1.83. The Morgan fingerprint density at radius 1 is 1.17 bits per heavy atom. The molecule has 7 heteroatoms. The summed E-state index contributed by atoms with van der Waals surface area (Å²) in [5.74, 6) is 0.351. The van der Waals surface area contributed by atoms with Crippen molar-refractivity contribution in [2.24, 2.45) is 0 Å². The highest BCUT2D eigenvalue weighted by Crippen LogP contribution is 2.37. The Bertz CT molecular complexity index is 825. The van der Waals surface area contributed by atoms with E-state index in [9.17, 15) is 9.18 Å². The fraction of sp³-hybridized carbons (Fsp3) is 0.409. The molecule has 0 aromatic heterocycles. The third-order valence-electron chi connectivity index (χ3n) is 4.98. The molecule has 0 unspecified atom stereocenters. The number of anilines is 2. The van der Waals surface area contributed by atoms with Crippen molar-refractivity contribution in [3.8, 4) is 5.75 Å². The molecule has 0 N–H and O–H groups in total. The number of carbonyl (C=O) groups excluding carboxylic acids is 1. The summed E-state index contributed by atoms with van der Waals surface area (Å²) in [6.07, 6.45) is 3.89. The second-order valence-corrected chi connectivity index (χ2v) is 7.57. The van der Waals surface area contributed by atoms with E-state index in [1.165, 1.54) is 16.4 Å². The van der Waals surface area contributed by atoms with E-state index < -0.39 is 6.09 Å². The van der Waals surface area contributed by atoms with Crippen LogP contribution in [0.4, 0.5) is 20.6 Å². The number of halogens is 1. The molecular weight excluding hydrogens is 391 g/mol. The largest absolute Gasteiger partial charge is 0.488 e. The number of benzene rings is 2. The summed E-state index contributed by atoms with van der Waals surface area (Å²) >= 11 is 4.32. The van der Waals surface area contributed by atoms with Gasteiger partial charge in [-0.3, -0.25) is 0 Å². The summed E-state index contributed by atoms with van der Waals surface area (Å²) in [6, 6.07) is 12.1. The summed E-state index contributed by atoms with van der Waals surface area (Å²) in [4.78, 5) is 14.2. The van der Waals surface area contributed by atoms with E-state index in [1.807, 2.05) is 30.1 Å². The minimum atomic E-state index is -0.542. The molecule has 0 atom stereocenters. The Hall–Kier alpha value is -2.41. The first-order chi connectivity index (χ1) is 14.0. The van der Waals surface area contributed by atoms with Crippen LogP contribution in [0.5, 0.6) is 5.75 Å². The van der Waals surface area contributed by atoms with E-state index in [1.54, 1.807) is 19.1 Å². The van der Waals surface area contributed by atoms with Crippen LogP contribution in [0.1, 0.15) is 38.2 Å². The van der Waals surface area contributed by atoms with Gasteiger partial charge < -0.3 is 14.4 Å². The average Bonchev–Trinajstić information content (AvgIpc) is 3.22. The molecule has 1 fully saturated rings. The highest BCUT2D eigenvalue weighted by atomic mass is 32.1. The molecule has 0 saturated heterocycles. The minimum Gasteiger partial charge on any atom is -0.488 e. The van der Waals surface area contributed by atoms with E-state index in [4.69, 9.17) is 9.47 Å². The summed E-state index contributed by atoms with van der Waals surface area (Å²) in [5, 5.41) is 0. The van der Waals surface area contributed by atoms with Crippen molar-refractivity contribution in [3.05, 3.63) is 53.8 Å². The van der Waals surface area contributed by atoms with E-state index >= 15 is 0 Å². The Morgan fingerprint density at radius 3 is 2.52 bits per heavy atom. The van der Waals surface area contributed by atoms with E-state index in [-0.39, 0.29) is 18.5 Å². The summed E-state index contributed by atoms with van der Waals surface area (Å²) in [5.41, 5.74) is 2.48. The predicted molar refractivity (Wildman–Crippen MR) is 116 cm³/mol. The zero-order chi connectivity index (χ0) is 20.8. The van der Waals surface area contributed by atoms with Crippen molar-refractivity contribution in [2.75, 3.05) is 22.9 Å². The first-order valence-electron chi connectivity index (χ1n) is 9.90. The molecule has 1 aliphatic carbocycles. The van der Waals surface area contributed by atoms with Crippen LogP contribution < -0.4 is 13.9 Å². The van der Waals surface area contributed by atoms with Crippen LogP contribution in [0, 0.1) is 5.82 Å². The molecule has 5 nitrogen and oxygen atoms in total. The van der Waals surface area contributed by atoms with Gasteiger partial charge in [0.05, 0.1) is 12.7 Å². The maximum Gasteiger partial charge on any atom is 0.424 e. The number of carbonyl (C=O) groups is 1. The van der Waals surface area contributed by atoms with Crippen LogP contribution in [0.15, 0.2) is 42.5 Å². The SMILES string of the molecule is CCOC(=O)N(S)c1ccc(N(C)Cc2ccc(F)cc2)cc1OC1CCCC1. The highest BCUT2D eigenvalue weighted by Gasteiger charge is 2.23. The molecule has 2 aromatic rings. The van der Waals surface area contributed by atoms with Crippen LogP contribution in [-0.4, -0.2) is 25.9 Å². The summed E-state index contributed by atoms with van der Waals surface area (Å²) in [6.45, 7) is 2.64. The lowest BCUT2D eigenvalue weighted by atomic mass is 10.2. The lowest BCUT2D eigenvalue weighted by Gasteiger charge is -2.25. The molecule has 156 valence electrons.